The molecule has 2 heterocycles. The van der Waals surface area contributed by atoms with E-state index in [4.69, 9.17) is 4.98 Å². The number of carbonyl (C=O) groups excluding carboxylic acids is 1. The lowest BCUT2D eigenvalue weighted by Crippen LogP contribution is -2.32. The molecule has 1 aliphatic rings. The molecule has 0 spiro atoms. The second kappa shape index (κ2) is 9.24. The Balaban J connectivity index is 1.52. The van der Waals surface area contributed by atoms with Crippen molar-refractivity contribution in [1.29, 1.82) is 0 Å². The highest BCUT2D eigenvalue weighted by Gasteiger charge is 2.39. The topological polar surface area (TPSA) is 84.3 Å². The molecule has 4 aromatic rings. The maximum absolute atomic E-state index is 13.6. The third-order valence-corrected chi connectivity index (χ3v) is 8.14. The molecule has 1 amide bonds. The van der Waals surface area contributed by atoms with Crippen LogP contribution in [-0.4, -0.2) is 34.7 Å². The summed E-state index contributed by atoms with van der Waals surface area (Å²) in [4.78, 5) is 16.3. The fourth-order valence-electron chi connectivity index (χ4n) is 4.62. The zero-order valence-corrected chi connectivity index (χ0v) is 20.0. The second-order valence-electron chi connectivity index (χ2n) is 8.65. The fraction of sp³-hybridized carbons (Fsp3) is 0.231. The minimum atomic E-state index is -3.80. The van der Waals surface area contributed by atoms with E-state index in [1.165, 1.54) is 35.5 Å². The molecule has 5 rings (SSSR count). The summed E-state index contributed by atoms with van der Waals surface area (Å²) in [6.45, 7) is 2.24. The molecule has 9 heteroatoms. The smallest absolute Gasteiger partial charge is 0.243 e. The molecule has 180 valence electrons. The molecule has 1 aromatic heterocycles. The van der Waals surface area contributed by atoms with Gasteiger partial charge in [-0.25, -0.2) is 17.8 Å². The van der Waals surface area contributed by atoms with Gasteiger partial charge in [0.05, 0.1) is 22.0 Å². The van der Waals surface area contributed by atoms with E-state index in [1.54, 1.807) is 24.3 Å². The summed E-state index contributed by atoms with van der Waals surface area (Å²) in [5, 5.41) is 2.65. The number of fused-ring (bicyclic) bond motifs is 1. The fourth-order valence-corrected chi connectivity index (χ4v) is 6.28. The van der Waals surface area contributed by atoms with Gasteiger partial charge in [0, 0.05) is 25.7 Å². The van der Waals surface area contributed by atoms with Crippen molar-refractivity contribution in [3.63, 3.8) is 0 Å². The van der Waals surface area contributed by atoms with Crippen LogP contribution in [0.1, 0.15) is 37.2 Å². The predicted molar refractivity (Wildman–Crippen MR) is 132 cm³/mol. The van der Waals surface area contributed by atoms with Crippen LogP contribution in [0.2, 0.25) is 0 Å². The molecule has 1 saturated heterocycles. The van der Waals surface area contributed by atoms with E-state index in [2.05, 4.69) is 5.32 Å². The van der Waals surface area contributed by atoms with Gasteiger partial charge in [0.25, 0.3) is 0 Å². The summed E-state index contributed by atoms with van der Waals surface area (Å²) in [6, 6.07) is 19.8. The highest BCUT2D eigenvalue weighted by Crippen LogP contribution is 2.38. The molecular weight excluding hydrogens is 467 g/mol. The minimum Gasteiger partial charge on any atom is -0.326 e. The third kappa shape index (κ3) is 4.56. The molecular formula is C26H25FN4O3S. The molecule has 1 N–H and O–H groups in total. The Morgan fingerprint density at radius 2 is 1.77 bits per heavy atom. The molecule has 7 nitrogen and oxygen atoms in total. The van der Waals surface area contributed by atoms with Crippen molar-refractivity contribution in [2.75, 3.05) is 11.9 Å². The van der Waals surface area contributed by atoms with E-state index in [-0.39, 0.29) is 16.6 Å². The maximum atomic E-state index is 13.6. The lowest BCUT2D eigenvalue weighted by Gasteiger charge is -2.25. The second-order valence-corrected chi connectivity index (χ2v) is 10.5. The van der Waals surface area contributed by atoms with Crippen molar-refractivity contribution < 1.29 is 17.6 Å². The number of rotatable bonds is 6. The van der Waals surface area contributed by atoms with E-state index < -0.39 is 16.1 Å². The zero-order chi connectivity index (χ0) is 24.6. The zero-order valence-electron chi connectivity index (χ0n) is 19.2. The molecule has 0 bridgehead atoms. The highest BCUT2D eigenvalue weighted by molar-refractivity contribution is 7.89. The van der Waals surface area contributed by atoms with Gasteiger partial charge in [-0.15, -0.1) is 0 Å². The van der Waals surface area contributed by atoms with Gasteiger partial charge in [-0.2, -0.15) is 4.31 Å². The first-order chi connectivity index (χ1) is 16.8. The van der Waals surface area contributed by atoms with Crippen LogP contribution in [0.3, 0.4) is 0 Å². The Hall–Kier alpha value is -3.56. The summed E-state index contributed by atoms with van der Waals surface area (Å²) >= 11 is 0. The number of halogens is 1. The number of para-hydroxylation sites is 2. The SMILES string of the molecule is CC(=O)Nc1ccc(S(=O)(=O)N2CCC[C@@H]2c2nc3ccccc3n2Cc2ccc(F)cc2)cc1. The summed E-state index contributed by atoms with van der Waals surface area (Å²) in [5.74, 6) is 0.147. The normalized spacial score (nSPS) is 16.6. The van der Waals surface area contributed by atoms with Crippen LogP contribution in [0.15, 0.2) is 77.7 Å². The van der Waals surface area contributed by atoms with Crippen molar-refractivity contribution >= 4 is 32.7 Å². The number of sulfonamides is 1. The van der Waals surface area contributed by atoms with Crippen LogP contribution in [-0.2, 0) is 21.4 Å². The number of aromatic nitrogens is 2. The van der Waals surface area contributed by atoms with Crippen molar-refractivity contribution in [3.8, 4) is 0 Å². The van der Waals surface area contributed by atoms with Gasteiger partial charge in [-0.1, -0.05) is 24.3 Å². The summed E-state index contributed by atoms with van der Waals surface area (Å²) in [6.07, 6.45) is 1.36. The molecule has 0 unspecified atom stereocenters. The molecule has 1 fully saturated rings. The van der Waals surface area contributed by atoms with Gasteiger partial charge >= 0.3 is 0 Å². The van der Waals surface area contributed by atoms with Gasteiger partial charge < -0.3 is 9.88 Å². The van der Waals surface area contributed by atoms with Crippen molar-refractivity contribution in [2.24, 2.45) is 0 Å². The number of hydrogen-bond donors (Lipinski definition) is 1. The van der Waals surface area contributed by atoms with E-state index in [0.717, 1.165) is 16.6 Å². The summed E-state index contributed by atoms with van der Waals surface area (Å²) in [5.41, 5.74) is 3.12. The lowest BCUT2D eigenvalue weighted by atomic mass is 10.2. The molecule has 35 heavy (non-hydrogen) atoms. The van der Waals surface area contributed by atoms with Crippen molar-refractivity contribution in [3.05, 3.63) is 90.0 Å². The number of amides is 1. The number of nitrogens with one attached hydrogen (secondary N) is 1. The Morgan fingerprint density at radius 1 is 1.06 bits per heavy atom. The number of hydrogen-bond acceptors (Lipinski definition) is 4. The third-order valence-electron chi connectivity index (χ3n) is 6.22. The van der Waals surface area contributed by atoms with Gasteiger partial charge in [-0.3, -0.25) is 4.79 Å². The Bertz CT molecular complexity index is 1480. The largest absolute Gasteiger partial charge is 0.326 e. The van der Waals surface area contributed by atoms with Crippen LogP contribution in [0, 0.1) is 5.82 Å². The molecule has 0 aliphatic carbocycles. The van der Waals surface area contributed by atoms with Gasteiger partial charge in [0.2, 0.25) is 15.9 Å². The lowest BCUT2D eigenvalue weighted by molar-refractivity contribution is -0.114. The maximum Gasteiger partial charge on any atom is 0.243 e. The molecule has 1 atom stereocenters. The number of nitrogens with zero attached hydrogens (tertiary/aromatic N) is 3. The van der Waals surface area contributed by atoms with Gasteiger partial charge in [0.15, 0.2) is 0 Å². The Morgan fingerprint density at radius 3 is 2.49 bits per heavy atom. The van der Waals surface area contributed by atoms with Crippen molar-refractivity contribution in [1.82, 2.24) is 13.9 Å². The van der Waals surface area contributed by atoms with Gasteiger partial charge in [-0.05, 0) is 66.9 Å². The van der Waals surface area contributed by atoms with E-state index in [9.17, 15) is 17.6 Å². The van der Waals surface area contributed by atoms with E-state index in [0.29, 0.717) is 37.4 Å². The van der Waals surface area contributed by atoms with E-state index >= 15 is 0 Å². The van der Waals surface area contributed by atoms with Crippen molar-refractivity contribution in [2.45, 2.75) is 37.2 Å². The standard InChI is InChI=1S/C26H25FN4O3S/c1-18(32)28-21-12-14-22(15-13-21)35(33,34)31-16-4-7-25(31)26-29-23-5-2-3-6-24(23)30(26)17-19-8-10-20(27)11-9-19/h2-3,5-6,8-15,25H,4,7,16-17H2,1H3,(H,28,32)/t25-/m1/s1. The molecule has 0 saturated carbocycles. The predicted octanol–water partition coefficient (Wildman–Crippen LogP) is 4.71. The Labute approximate surface area is 203 Å². The average Bonchev–Trinajstić information content (AvgIpc) is 3.46. The Kier molecular flexibility index (Phi) is 6.12. The molecule has 1 aliphatic heterocycles. The first-order valence-corrected chi connectivity index (χ1v) is 12.9. The van der Waals surface area contributed by atoms with Crippen LogP contribution < -0.4 is 5.32 Å². The number of benzene rings is 3. The summed E-state index contributed by atoms with van der Waals surface area (Å²) < 4.78 is 44.3. The molecule has 0 radical (unpaired) electrons. The highest BCUT2D eigenvalue weighted by atomic mass is 32.2. The van der Waals surface area contributed by atoms with E-state index in [1.807, 2.05) is 28.8 Å². The number of carbonyl (C=O) groups is 1. The monoisotopic (exact) mass is 492 g/mol. The minimum absolute atomic E-state index is 0.166. The van der Waals surface area contributed by atoms with Crippen LogP contribution in [0.25, 0.3) is 11.0 Å². The quantitative estimate of drug-likeness (QED) is 0.423. The van der Waals surface area contributed by atoms with Crippen LogP contribution in [0.4, 0.5) is 10.1 Å². The van der Waals surface area contributed by atoms with Gasteiger partial charge in [0.1, 0.15) is 11.6 Å². The first kappa shape index (κ1) is 23.2. The first-order valence-electron chi connectivity index (χ1n) is 11.4. The van der Waals surface area contributed by atoms with Crippen LogP contribution >= 0.6 is 0 Å². The van der Waals surface area contributed by atoms with Crippen LogP contribution in [0.5, 0.6) is 0 Å². The average molecular weight is 493 g/mol. The summed E-state index contributed by atoms with van der Waals surface area (Å²) in [7, 11) is -3.80. The molecule has 3 aromatic carbocycles. The number of imidazole rings is 1. The number of anilines is 1.